The van der Waals surface area contributed by atoms with E-state index in [1.165, 1.54) is 0 Å². The Morgan fingerprint density at radius 2 is 2.05 bits per heavy atom. The second-order valence-electron chi connectivity index (χ2n) is 4.93. The van der Waals surface area contributed by atoms with Crippen LogP contribution in [-0.4, -0.2) is 34.3 Å². The third-order valence-electron chi connectivity index (χ3n) is 3.03. The normalized spacial score (nSPS) is 11.7. The Kier molecular flexibility index (Phi) is 5.71. The van der Waals surface area contributed by atoms with Crippen LogP contribution in [0.3, 0.4) is 0 Å². The quantitative estimate of drug-likeness (QED) is 0.789. The SMILES string of the molecule is CC(CC(=O)OCCn1cccn1)NC(=O)c1ccccc1. The third-order valence-corrected chi connectivity index (χ3v) is 3.03. The molecule has 0 aliphatic rings. The maximum absolute atomic E-state index is 11.9. The summed E-state index contributed by atoms with van der Waals surface area (Å²) in [6.07, 6.45) is 3.61. The molecule has 0 radical (unpaired) electrons. The Bertz CT molecular complexity index is 596. The molecule has 1 amide bonds. The van der Waals surface area contributed by atoms with Crippen LogP contribution in [0.5, 0.6) is 0 Å². The van der Waals surface area contributed by atoms with E-state index in [0.29, 0.717) is 12.1 Å². The van der Waals surface area contributed by atoms with Gasteiger partial charge in [-0.2, -0.15) is 5.10 Å². The van der Waals surface area contributed by atoms with Crippen molar-refractivity contribution in [2.75, 3.05) is 6.61 Å². The lowest BCUT2D eigenvalue weighted by molar-refractivity contribution is -0.144. The van der Waals surface area contributed by atoms with Crippen LogP contribution in [0.15, 0.2) is 48.8 Å². The summed E-state index contributed by atoms with van der Waals surface area (Å²) >= 11 is 0. The van der Waals surface area contributed by atoms with Crippen molar-refractivity contribution in [3.05, 3.63) is 54.4 Å². The van der Waals surface area contributed by atoms with Gasteiger partial charge in [0.2, 0.25) is 0 Å². The average molecular weight is 301 g/mol. The summed E-state index contributed by atoms with van der Waals surface area (Å²) in [5.74, 6) is -0.537. The monoisotopic (exact) mass is 301 g/mol. The number of carbonyl (C=O) groups excluding carboxylic acids is 2. The van der Waals surface area contributed by atoms with Gasteiger partial charge in [-0.05, 0) is 25.1 Å². The van der Waals surface area contributed by atoms with E-state index in [1.54, 1.807) is 48.3 Å². The molecule has 0 saturated carbocycles. The van der Waals surface area contributed by atoms with Crippen molar-refractivity contribution in [3.8, 4) is 0 Å². The van der Waals surface area contributed by atoms with Crippen LogP contribution in [0.4, 0.5) is 0 Å². The van der Waals surface area contributed by atoms with Gasteiger partial charge in [0.05, 0.1) is 13.0 Å². The van der Waals surface area contributed by atoms with E-state index in [1.807, 2.05) is 12.1 Å². The molecule has 6 nitrogen and oxygen atoms in total. The average Bonchev–Trinajstić information content (AvgIpc) is 3.01. The molecular formula is C16H19N3O3. The van der Waals surface area contributed by atoms with Gasteiger partial charge in [-0.15, -0.1) is 0 Å². The van der Waals surface area contributed by atoms with E-state index in [-0.39, 0.29) is 30.9 Å². The Balaban J connectivity index is 1.68. The van der Waals surface area contributed by atoms with Crippen molar-refractivity contribution in [1.82, 2.24) is 15.1 Å². The van der Waals surface area contributed by atoms with Crippen molar-refractivity contribution >= 4 is 11.9 Å². The van der Waals surface area contributed by atoms with Crippen molar-refractivity contribution in [1.29, 1.82) is 0 Å². The Hall–Kier alpha value is -2.63. The first-order chi connectivity index (χ1) is 10.6. The summed E-state index contributed by atoms with van der Waals surface area (Å²) in [7, 11) is 0. The number of aromatic nitrogens is 2. The molecular weight excluding hydrogens is 282 g/mol. The highest BCUT2D eigenvalue weighted by molar-refractivity contribution is 5.94. The molecule has 0 aliphatic carbocycles. The molecule has 1 aromatic heterocycles. The van der Waals surface area contributed by atoms with Gasteiger partial charge in [-0.3, -0.25) is 14.3 Å². The topological polar surface area (TPSA) is 73.2 Å². The predicted octanol–water partition coefficient (Wildman–Crippen LogP) is 1.63. The van der Waals surface area contributed by atoms with Gasteiger partial charge in [0.25, 0.3) is 5.91 Å². The van der Waals surface area contributed by atoms with E-state index in [0.717, 1.165) is 0 Å². The number of ether oxygens (including phenoxy) is 1. The van der Waals surface area contributed by atoms with Crippen LogP contribution in [0.1, 0.15) is 23.7 Å². The zero-order valence-corrected chi connectivity index (χ0v) is 12.4. The largest absolute Gasteiger partial charge is 0.464 e. The summed E-state index contributed by atoms with van der Waals surface area (Å²) in [5, 5.41) is 6.79. The van der Waals surface area contributed by atoms with Crippen LogP contribution in [0.2, 0.25) is 0 Å². The number of nitrogens with one attached hydrogen (secondary N) is 1. The highest BCUT2D eigenvalue weighted by Crippen LogP contribution is 2.01. The van der Waals surface area contributed by atoms with Gasteiger partial charge < -0.3 is 10.1 Å². The Labute approximate surface area is 129 Å². The Morgan fingerprint density at radius 3 is 2.73 bits per heavy atom. The predicted molar refractivity (Wildman–Crippen MR) is 81.2 cm³/mol. The van der Waals surface area contributed by atoms with Crippen molar-refractivity contribution in [3.63, 3.8) is 0 Å². The molecule has 1 N–H and O–H groups in total. The molecule has 0 aliphatic heterocycles. The minimum absolute atomic E-state index is 0.137. The lowest BCUT2D eigenvalue weighted by Crippen LogP contribution is -2.34. The van der Waals surface area contributed by atoms with Crippen molar-refractivity contribution in [2.45, 2.75) is 25.9 Å². The zero-order valence-electron chi connectivity index (χ0n) is 12.4. The van der Waals surface area contributed by atoms with E-state index in [9.17, 15) is 9.59 Å². The van der Waals surface area contributed by atoms with E-state index in [2.05, 4.69) is 10.4 Å². The lowest BCUT2D eigenvalue weighted by Gasteiger charge is -2.13. The van der Waals surface area contributed by atoms with Crippen LogP contribution < -0.4 is 5.32 Å². The number of nitrogens with zero attached hydrogens (tertiary/aromatic N) is 2. The van der Waals surface area contributed by atoms with Crippen LogP contribution >= 0.6 is 0 Å². The van der Waals surface area contributed by atoms with Crippen LogP contribution in [-0.2, 0) is 16.1 Å². The summed E-state index contributed by atoms with van der Waals surface area (Å²) in [6, 6.07) is 10.4. The molecule has 0 spiro atoms. The van der Waals surface area contributed by atoms with Gasteiger partial charge >= 0.3 is 5.97 Å². The molecule has 1 atom stereocenters. The molecule has 0 saturated heterocycles. The number of esters is 1. The number of rotatable bonds is 7. The zero-order chi connectivity index (χ0) is 15.8. The molecule has 0 bridgehead atoms. The minimum Gasteiger partial charge on any atom is -0.464 e. The maximum Gasteiger partial charge on any atom is 0.307 e. The summed E-state index contributed by atoms with van der Waals surface area (Å²) < 4.78 is 6.81. The number of benzene rings is 1. The smallest absolute Gasteiger partial charge is 0.307 e. The Morgan fingerprint density at radius 1 is 1.27 bits per heavy atom. The molecule has 1 heterocycles. The van der Waals surface area contributed by atoms with Gasteiger partial charge in [0, 0.05) is 24.0 Å². The summed E-state index contributed by atoms with van der Waals surface area (Å²) in [4.78, 5) is 23.6. The fourth-order valence-corrected chi connectivity index (χ4v) is 1.94. The fraction of sp³-hybridized carbons (Fsp3) is 0.312. The number of hydrogen-bond acceptors (Lipinski definition) is 4. The van der Waals surface area contributed by atoms with E-state index in [4.69, 9.17) is 4.74 Å². The maximum atomic E-state index is 11.9. The van der Waals surface area contributed by atoms with Gasteiger partial charge in [0.1, 0.15) is 6.61 Å². The van der Waals surface area contributed by atoms with E-state index >= 15 is 0 Å². The highest BCUT2D eigenvalue weighted by atomic mass is 16.5. The molecule has 116 valence electrons. The first-order valence-corrected chi connectivity index (χ1v) is 7.14. The standard InChI is InChI=1S/C16H19N3O3/c1-13(18-16(21)14-6-3-2-4-7-14)12-15(20)22-11-10-19-9-5-8-17-19/h2-9,13H,10-12H2,1H3,(H,18,21). The third kappa shape index (κ3) is 5.05. The second-order valence-corrected chi connectivity index (χ2v) is 4.93. The number of amides is 1. The first-order valence-electron chi connectivity index (χ1n) is 7.14. The van der Waals surface area contributed by atoms with Gasteiger partial charge in [0.15, 0.2) is 0 Å². The fourth-order valence-electron chi connectivity index (χ4n) is 1.94. The van der Waals surface area contributed by atoms with E-state index < -0.39 is 0 Å². The molecule has 1 unspecified atom stereocenters. The first kappa shape index (κ1) is 15.8. The summed E-state index contributed by atoms with van der Waals surface area (Å²) in [6.45, 7) is 2.55. The summed E-state index contributed by atoms with van der Waals surface area (Å²) in [5.41, 5.74) is 0.571. The van der Waals surface area contributed by atoms with Crippen LogP contribution in [0, 0.1) is 0 Å². The number of carbonyl (C=O) groups is 2. The van der Waals surface area contributed by atoms with Crippen LogP contribution in [0.25, 0.3) is 0 Å². The van der Waals surface area contributed by atoms with Gasteiger partial charge in [-0.1, -0.05) is 18.2 Å². The molecule has 2 aromatic rings. The highest BCUT2D eigenvalue weighted by Gasteiger charge is 2.13. The lowest BCUT2D eigenvalue weighted by atomic mass is 10.2. The van der Waals surface area contributed by atoms with Crippen molar-refractivity contribution in [2.24, 2.45) is 0 Å². The molecule has 2 rings (SSSR count). The van der Waals surface area contributed by atoms with Gasteiger partial charge in [-0.25, -0.2) is 0 Å². The number of hydrogen-bond donors (Lipinski definition) is 1. The minimum atomic E-state index is -0.340. The second kappa shape index (κ2) is 7.97. The molecule has 22 heavy (non-hydrogen) atoms. The molecule has 6 heteroatoms. The molecule has 1 aromatic carbocycles. The molecule has 0 fully saturated rings. The van der Waals surface area contributed by atoms with Crippen molar-refractivity contribution < 1.29 is 14.3 Å².